The Hall–Kier alpha value is -1.89. The van der Waals surface area contributed by atoms with Crippen LogP contribution in [0.5, 0.6) is 0 Å². The quantitative estimate of drug-likeness (QED) is 0.763. The normalized spacial score (nSPS) is 18.4. The molecule has 0 spiro atoms. The first-order chi connectivity index (χ1) is 9.15. The Kier molecular flexibility index (Phi) is 4.51. The Bertz CT molecular complexity index is 452. The fraction of sp³-hybridized carbons (Fsp3) is 0.583. The second kappa shape index (κ2) is 6.33. The number of carbonyl (C=O) groups excluding carboxylic acids is 1. The van der Waals surface area contributed by atoms with Gasteiger partial charge in [0.05, 0.1) is 6.33 Å². The van der Waals surface area contributed by atoms with Crippen molar-refractivity contribution in [2.24, 2.45) is 5.92 Å². The van der Waals surface area contributed by atoms with E-state index >= 15 is 0 Å². The van der Waals surface area contributed by atoms with Crippen LogP contribution in [0.4, 0.5) is 0 Å². The van der Waals surface area contributed by atoms with Crippen molar-refractivity contribution < 1.29 is 19.4 Å². The molecule has 1 aromatic heterocycles. The number of hydrogen-bond acceptors (Lipinski definition) is 4. The predicted molar refractivity (Wildman–Crippen MR) is 65.7 cm³/mol. The topological polar surface area (TPSA) is 93.5 Å². The van der Waals surface area contributed by atoms with Gasteiger partial charge in [0, 0.05) is 38.9 Å². The van der Waals surface area contributed by atoms with Crippen molar-refractivity contribution in [1.29, 1.82) is 0 Å². The molecule has 19 heavy (non-hydrogen) atoms. The molecule has 7 nitrogen and oxygen atoms in total. The number of hydrogen-bond donors (Lipinski definition) is 2. The van der Waals surface area contributed by atoms with Crippen LogP contribution in [-0.2, 0) is 16.1 Å². The summed E-state index contributed by atoms with van der Waals surface area (Å²) in [4.78, 5) is 26.0. The lowest BCUT2D eigenvalue weighted by atomic mass is 10.1. The number of aromatic carboxylic acids is 1. The molecule has 1 atom stereocenters. The zero-order valence-electron chi connectivity index (χ0n) is 10.5. The summed E-state index contributed by atoms with van der Waals surface area (Å²) < 4.78 is 6.85. The molecule has 0 aliphatic carbocycles. The number of carbonyl (C=O) groups is 2. The van der Waals surface area contributed by atoms with E-state index in [0.29, 0.717) is 32.0 Å². The molecule has 1 saturated heterocycles. The van der Waals surface area contributed by atoms with Gasteiger partial charge in [-0.25, -0.2) is 9.78 Å². The van der Waals surface area contributed by atoms with Crippen molar-refractivity contribution in [1.82, 2.24) is 14.9 Å². The van der Waals surface area contributed by atoms with E-state index in [1.807, 2.05) is 0 Å². The Morgan fingerprint density at radius 3 is 3.05 bits per heavy atom. The largest absolute Gasteiger partial charge is 0.476 e. The van der Waals surface area contributed by atoms with Crippen LogP contribution >= 0.6 is 0 Å². The SMILES string of the molecule is O=C(CC1CCOC1)NCCn1cnc(C(=O)O)c1. The summed E-state index contributed by atoms with van der Waals surface area (Å²) in [6.07, 6.45) is 4.32. The van der Waals surface area contributed by atoms with Gasteiger partial charge in [0.2, 0.25) is 5.91 Å². The van der Waals surface area contributed by atoms with Crippen molar-refractivity contribution >= 4 is 11.9 Å². The first-order valence-corrected chi connectivity index (χ1v) is 6.24. The van der Waals surface area contributed by atoms with E-state index in [1.54, 1.807) is 4.57 Å². The Morgan fingerprint density at radius 2 is 2.42 bits per heavy atom. The van der Waals surface area contributed by atoms with E-state index in [9.17, 15) is 9.59 Å². The number of carboxylic acids is 1. The lowest BCUT2D eigenvalue weighted by molar-refractivity contribution is -0.122. The van der Waals surface area contributed by atoms with Crippen molar-refractivity contribution in [2.75, 3.05) is 19.8 Å². The van der Waals surface area contributed by atoms with E-state index in [0.717, 1.165) is 13.0 Å². The average molecular weight is 267 g/mol. The third-order valence-electron chi connectivity index (χ3n) is 3.04. The van der Waals surface area contributed by atoms with Crippen LogP contribution in [-0.4, -0.2) is 46.3 Å². The smallest absolute Gasteiger partial charge is 0.356 e. The molecule has 1 amide bonds. The Morgan fingerprint density at radius 1 is 1.58 bits per heavy atom. The van der Waals surface area contributed by atoms with E-state index in [-0.39, 0.29) is 11.6 Å². The molecule has 0 aromatic carbocycles. The van der Waals surface area contributed by atoms with Gasteiger partial charge in [0.1, 0.15) is 0 Å². The highest BCUT2D eigenvalue weighted by Gasteiger charge is 2.18. The molecule has 104 valence electrons. The van der Waals surface area contributed by atoms with Crippen LogP contribution in [0.3, 0.4) is 0 Å². The van der Waals surface area contributed by atoms with Gasteiger partial charge in [0.15, 0.2) is 5.69 Å². The summed E-state index contributed by atoms with van der Waals surface area (Å²) in [6, 6.07) is 0. The summed E-state index contributed by atoms with van der Waals surface area (Å²) in [5, 5.41) is 11.5. The fourth-order valence-corrected chi connectivity index (χ4v) is 2.00. The van der Waals surface area contributed by atoms with Gasteiger partial charge in [-0.05, 0) is 12.3 Å². The number of amides is 1. The fourth-order valence-electron chi connectivity index (χ4n) is 2.00. The van der Waals surface area contributed by atoms with Gasteiger partial charge in [0.25, 0.3) is 0 Å². The maximum absolute atomic E-state index is 11.6. The summed E-state index contributed by atoms with van der Waals surface area (Å²) in [6.45, 7) is 2.37. The molecule has 1 unspecified atom stereocenters. The minimum atomic E-state index is -1.05. The number of carboxylic acid groups (broad SMARTS) is 1. The second-order valence-corrected chi connectivity index (χ2v) is 4.59. The molecule has 1 aromatic rings. The van der Waals surface area contributed by atoms with Crippen LogP contribution in [0, 0.1) is 5.92 Å². The van der Waals surface area contributed by atoms with Gasteiger partial charge in [-0.1, -0.05) is 0 Å². The maximum atomic E-state index is 11.6. The number of nitrogens with one attached hydrogen (secondary N) is 1. The minimum Gasteiger partial charge on any atom is -0.476 e. The molecule has 7 heteroatoms. The number of nitrogens with zero attached hydrogens (tertiary/aromatic N) is 2. The number of rotatable bonds is 6. The van der Waals surface area contributed by atoms with Crippen LogP contribution in [0.1, 0.15) is 23.3 Å². The number of ether oxygens (including phenoxy) is 1. The van der Waals surface area contributed by atoms with Crippen molar-refractivity contribution in [3.63, 3.8) is 0 Å². The highest BCUT2D eigenvalue weighted by molar-refractivity contribution is 5.84. The van der Waals surface area contributed by atoms with Crippen LogP contribution in [0.15, 0.2) is 12.5 Å². The molecule has 2 heterocycles. The zero-order valence-corrected chi connectivity index (χ0v) is 10.5. The van der Waals surface area contributed by atoms with Gasteiger partial charge < -0.3 is 19.7 Å². The van der Waals surface area contributed by atoms with E-state index in [1.165, 1.54) is 12.5 Å². The molecular weight excluding hydrogens is 250 g/mol. The van der Waals surface area contributed by atoms with Crippen LogP contribution in [0.25, 0.3) is 0 Å². The van der Waals surface area contributed by atoms with Crippen molar-refractivity contribution in [3.05, 3.63) is 18.2 Å². The van der Waals surface area contributed by atoms with E-state index in [4.69, 9.17) is 9.84 Å². The number of imidazole rings is 1. The highest BCUT2D eigenvalue weighted by atomic mass is 16.5. The second-order valence-electron chi connectivity index (χ2n) is 4.59. The van der Waals surface area contributed by atoms with E-state index in [2.05, 4.69) is 10.3 Å². The number of aromatic nitrogens is 2. The molecule has 2 N–H and O–H groups in total. The first kappa shape index (κ1) is 13.5. The summed E-state index contributed by atoms with van der Waals surface area (Å²) >= 11 is 0. The van der Waals surface area contributed by atoms with Crippen molar-refractivity contribution in [3.8, 4) is 0 Å². The lowest BCUT2D eigenvalue weighted by Crippen LogP contribution is -2.28. The van der Waals surface area contributed by atoms with Gasteiger partial charge >= 0.3 is 5.97 Å². The average Bonchev–Trinajstić information content (AvgIpc) is 3.00. The summed E-state index contributed by atoms with van der Waals surface area (Å²) in [5.41, 5.74) is 0.00873. The minimum absolute atomic E-state index is 0.00840. The van der Waals surface area contributed by atoms with E-state index < -0.39 is 5.97 Å². The summed E-state index contributed by atoms with van der Waals surface area (Å²) in [5.74, 6) is -0.718. The molecule has 1 fully saturated rings. The van der Waals surface area contributed by atoms with Crippen molar-refractivity contribution in [2.45, 2.75) is 19.4 Å². The molecule has 1 aliphatic heterocycles. The molecule has 2 rings (SSSR count). The lowest BCUT2D eigenvalue weighted by Gasteiger charge is -2.08. The standard InChI is InChI=1S/C12H17N3O4/c16-11(5-9-1-4-19-7-9)13-2-3-15-6-10(12(17)18)14-8-15/h6,8-9H,1-5,7H2,(H,13,16)(H,17,18). The Balaban J connectivity index is 1.67. The first-order valence-electron chi connectivity index (χ1n) is 6.24. The van der Waals surface area contributed by atoms with Gasteiger partial charge in [-0.2, -0.15) is 0 Å². The molecular formula is C12H17N3O4. The molecule has 0 saturated carbocycles. The molecule has 0 radical (unpaired) electrons. The van der Waals surface area contributed by atoms with Gasteiger partial charge in [-0.15, -0.1) is 0 Å². The summed E-state index contributed by atoms with van der Waals surface area (Å²) in [7, 11) is 0. The molecule has 0 bridgehead atoms. The monoisotopic (exact) mass is 267 g/mol. The third-order valence-corrected chi connectivity index (χ3v) is 3.04. The molecule has 1 aliphatic rings. The Labute approximate surface area is 110 Å². The van der Waals surface area contributed by atoms with Crippen LogP contribution < -0.4 is 5.32 Å². The maximum Gasteiger partial charge on any atom is 0.356 e. The van der Waals surface area contributed by atoms with Gasteiger partial charge in [-0.3, -0.25) is 4.79 Å². The highest BCUT2D eigenvalue weighted by Crippen LogP contribution is 2.15. The zero-order chi connectivity index (χ0) is 13.7. The third kappa shape index (κ3) is 4.06. The predicted octanol–water partition coefficient (Wildman–Crippen LogP) is 0.124. The van der Waals surface area contributed by atoms with Crippen LogP contribution in [0.2, 0.25) is 0 Å².